The van der Waals surface area contributed by atoms with E-state index in [9.17, 15) is 14.7 Å². The van der Waals surface area contributed by atoms with Crippen molar-refractivity contribution in [1.29, 1.82) is 0 Å². The Kier molecular flexibility index (Phi) is 5.90. The number of aryl methyl sites for hydroxylation is 1. The highest BCUT2D eigenvalue weighted by Crippen LogP contribution is 2.22. The SMILES string of the molecule is CCc1ccc(C(=O)[C@@H](C)OC(=O)c2ccc(-c3ccc(O)cc3)cc2)cc1. The molecule has 1 N–H and O–H groups in total. The Balaban J connectivity index is 1.66. The van der Waals surface area contributed by atoms with Crippen molar-refractivity contribution in [3.05, 3.63) is 89.5 Å². The van der Waals surface area contributed by atoms with E-state index in [1.807, 2.05) is 19.1 Å². The van der Waals surface area contributed by atoms with Gasteiger partial charge in [0.15, 0.2) is 6.10 Å². The molecule has 0 aliphatic heterocycles. The van der Waals surface area contributed by atoms with Gasteiger partial charge >= 0.3 is 5.97 Å². The molecule has 0 aliphatic carbocycles. The number of ketones is 1. The molecule has 3 aromatic carbocycles. The zero-order valence-corrected chi connectivity index (χ0v) is 15.9. The Morgan fingerprint density at radius 3 is 1.86 bits per heavy atom. The first-order chi connectivity index (χ1) is 13.5. The summed E-state index contributed by atoms with van der Waals surface area (Å²) in [5, 5.41) is 9.37. The summed E-state index contributed by atoms with van der Waals surface area (Å²) in [6.07, 6.45) is 0.0378. The van der Waals surface area contributed by atoms with E-state index in [2.05, 4.69) is 0 Å². The summed E-state index contributed by atoms with van der Waals surface area (Å²) in [7, 11) is 0. The number of Topliss-reactive ketones (excluding diaryl/α,β-unsaturated/α-hetero) is 1. The third-order valence-electron chi connectivity index (χ3n) is 4.62. The minimum Gasteiger partial charge on any atom is -0.508 e. The van der Waals surface area contributed by atoms with Gasteiger partial charge in [0, 0.05) is 5.56 Å². The van der Waals surface area contributed by atoms with Crippen molar-refractivity contribution in [2.75, 3.05) is 0 Å². The first-order valence-electron chi connectivity index (χ1n) is 9.21. The van der Waals surface area contributed by atoms with Gasteiger partial charge in [0.2, 0.25) is 5.78 Å². The minimum absolute atomic E-state index is 0.201. The van der Waals surface area contributed by atoms with E-state index in [0.29, 0.717) is 11.1 Å². The normalized spacial score (nSPS) is 11.6. The van der Waals surface area contributed by atoms with Crippen molar-refractivity contribution in [2.24, 2.45) is 0 Å². The van der Waals surface area contributed by atoms with E-state index in [1.165, 1.54) is 0 Å². The second kappa shape index (κ2) is 8.53. The molecule has 4 heteroatoms. The third kappa shape index (κ3) is 4.46. The number of carbonyl (C=O) groups excluding carboxylic acids is 2. The molecule has 0 heterocycles. The average molecular weight is 374 g/mol. The van der Waals surface area contributed by atoms with Crippen LogP contribution in [0, 0.1) is 0 Å². The first kappa shape index (κ1) is 19.4. The monoisotopic (exact) mass is 374 g/mol. The Morgan fingerprint density at radius 1 is 0.821 bits per heavy atom. The fraction of sp³-hybridized carbons (Fsp3) is 0.167. The topological polar surface area (TPSA) is 63.6 Å². The van der Waals surface area contributed by atoms with Crippen LogP contribution in [0.5, 0.6) is 5.75 Å². The van der Waals surface area contributed by atoms with Gasteiger partial charge in [-0.2, -0.15) is 0 Å². The van der Waals surface area contributed by atoms with E-state index in [-0.39, 0.29) is 11.5 Å². The quantitative estimate of drug-likeness (QED) is 0.484. The van der Waals surface area contributed by atoms with Gasteiger partial charge in [0.1, 0.15) is 5.75 Å². The van der Waals surface area contributed by atoms with E-state index in [1.54, 1.807) is 67.6 Å². The van der Waals surface area contributed by atoms with Crippen LogP contribution in [-0.2, 0) is 11.2 Å². The minimum atomic E-state index is -0.864. The molecule has 0 aliphatic rings. The predicted molar refractivity (Wildman–Crippen MR) is 109 cm³/mol. The predicted octanol–water partition coefficient (Wildman–Crippen LogP) is 5.05. The number of phenols is 1. The highest BCUT2D eigenvalue weighted by atomic mass is 16.5. The van der Waals surface area contributed by atoms with Crippen molar-refractivity contribution in [3.8, 4) is 16.9 Å². The van der Waals surface area contributed by atoms with Crippen LogP contribution < -0.4 is 0 Å². The van der Waals surface area contributed by atoms with Crippen LogP contribution in [0.2, 0.25) is 0 Å². The van der Waals surface area contributed by atoms with Crippen LogP contribution in [-0.4, -0.2) is 23.0 Å². The van der Waals surface area contributed by atoms with Crippen LogP contribution in [0.3, 0.4) is 0 Å². The summed E-state index contributed by atoms with van der Waals surface area (Å²) >= 11 is 0. The fourth-order valence-electron chi connectivity index (χ4n) is 2.87. The van der Waals surface area contributed by atoms with Crippen molar-refractivity contribution in [3.63, 3.8) is 0 Å². The van der Waals surface area contributed by atoms with Crippen molar-refractivity contribution in [1.82, 2.24) is 0 Å². The number of aromatic hydroxyl groups is 1. The smallest absolute Gasteiger partial charge is 0.338 e. The van der Waals surface area contributed by atoms with Crippen LogP contribution in [0.4, 0.5) is 0 Å². The first-order valence-corrected chi connectivity index (χ1v) is 9.21. The van der Waals surface area contributed by atoms with Crippen LogP contribution in [0.15, 0.2) is 72.8 Å². The number of esters is 1. The fourth-order valence-corrected chi connectivity index (χ4v) is 2.87. The number of carbonyl (C=O) groups is 2. The van der Waals surface area contributed by atoms with Gasteiger partial charge in [0.05, 0.1) is 5.56 Å². The maximum Gasteiger partial charge on any atom is 0.338 e. The third-order valence-corrected chi connectivity index (χ3v) is 4.62. The lowest BCUT2D eigenvalue weighted by atomic mass is 10.0. The average Bonchev–Trinajstić information content (AvgIpc) is 2.74. The summed E-state index contributed by atoms with van der Waals surface area (Å²) in [4.78, 5) is 24.9. The highest BCUT2D eigenvalue weighted by molar-refractivity contribution is 6.01. The molecular formula is C24H22O4. The number of phenolic OH excluding ortho intramolecular Hbond substituents is 1. The number of benzene rings is 3. The van der Waals surface area contributed by atoms with E-state index >= 15 is 0 Å². The van der Waals surface area contributed by atoms with Gasteiger partial charge in [-0.05, 0) is 54.3 Å². The van der Waals surface area contributed by atoms with Gasteiger partial charge in [-0.3, -0.25) is 4.79 Å². The summed E-state index contributed by atoms with van der Waals surface area (Å²) < 4.78 is 5.35. The maximum absolute atomic E-state index is 12.5. The summed E-state index contributed by atoms with van der Waals surface area (Å²) in [5.74, 6) is -0.563. The van der Waals surface area contributed by atoms with Gasteiger partial charge in [-0.25, -0.2) is 4.79 Å². The van der Waals surface area contributed by atoms with Crippen LogP contribution in [0.25, 0.3) is 11.1 Å². The molecule has 0 amide bonds. The lowest BCUT2D eigenvalue weighted by molar-refractivity contribution is 0.0319. The Bertz CT molecular complexity index is 955. The molecular weight excluding hydrogens is 352 g/mol. The summed E-state index contributed by atoms with van der Waals surface area (Å²) in [6, 6.07) is 21.1. The van der Waals surface area contributed by atoms with E-state index in [4.69, 9.17) is 4.74 Å². The number of hydrogen-bond donors (Lipinski definition) is 1. The maximum atomic E-state index is 12.5. The lowest BCUT2D eigenvalue weighted by Crippen LogP contribution is -2.24. The lowest BCUT2D eigenvalue weighted by Gasteiger charge is -2.13. The van der Waals surface area contributed by atoms with Gasteiger partial charge < -0.3 is 9.84 Å². The molecule has 4 nitrogen and oxygen atoms in total. The summed E-state index contributed by atoms with van der Waals surface area (Å²) in [6.45, 7) is 3.63. The highest BCUT2D eigenvalue weighted by Gasteiger charge is 2.20. The molecule has 28 heavy (non-hydrogen) atoms. The number of hydrogen-bond acceptors (Lipinski definition) is 4. The molecule has 3 rings (SSSR count). The Labute approximate surface area is 164 Å². The van der Waals surface area contributed by atoms with Crippen LogP contribution >= 0.6 is 0 Å². The molecule has 0 unspecified atom stereocenters. The molecule has 0 saturated carbocycles. The van der Waals surface area contributed by atoms with Crippen molar-refractivity contribution >= 4 is 11.8 Å². The molecule has 0 fully saturated rings. The molecule has 1 atom stereocenters. The zero-order chi connectivity index (χ0) is 20.1. The molecule has 142 valence electrons. The van der Waals surface area contributed by atoms with Crippen molar-refractivity contribution < 1.29 is 19.4 Å². The molecule has 0 saturated heterocycles. The van der Waals surface area contributed by atoms with E-state index in [0.717, 1.165) is 23.1 Å². The largest absolute Gasteiger partial charge is 0.508 e. The van der Waals surface area contributed by atoms with Gasteiger partial charge in [-0.15, -0.1) is 0 Å². The summed E-state index contributed by atoms with van der Waals surface area (Å²) in [5.41, 5.74) is 3.90. The van der Waals surface area contributed by atoms with Crippen LogP contribution in [0.1, 0.15) is 40.1 Å². The molecule has 0 spiro atoms. The molecule has 0 aromatic heterocycles. The zero-order valence-electron chi connectivity index (χ0n) is 15.9. The molecule has 3 aromatic rings. The second-order valence-electron chi connectivity index (χ2n) is 6.59. The molecule has 0 radical (unpaired) electrons. The number of ether oxygens (including phenoxy) is 1. The standard InChI is InChI=1S/C24H22O4/c1-3-17-4-6-20(7-5-17)23(26)16(2)28-24(27)21-10-8-18(9-11-21)19-12-14-22(25)15-13-19/h4-16,25H,3H2,1-2H3/t16-/m1/s1. The molecule has 0 bridgehead atoms. The Hall–Kier alpha value is -3.40. The number of rotatable bonds is 6. The Morgan fingerprint density at radius 2 is 1.32 bits per heavy atom. The van der Waals surface area contributed by atoms with Gasteiger partial charge in [0.25, 0.3) is 0 Å². The second-order valence-corrected chi connectivity index (χ2v) is 6.59. The van der Waals surface area contributed by atoms with E-state index < -0.39 is 12.1 Å². The van der Waals surface area contributed by atoms with Crippen molar-refractivity contribution in [2.45, 2.75) is 26.4 Å². The van der Waals surface area contributed by atoms with Gasteiger partial charge in [-0.1, -0.05) is 55.5 Å².